The van der Waals surface area contributed by atoms with Crippen LogP contribution in [-0.4, -0.2) is 28.4 Å². The van der Waals surface area contributed by atoms with E-state index in [9.17, 15) is 9.90 Å². The number of rotatable bonds is 4. The van der Waals surface area contributed by atoms with E-state index in [2.05, 4.69) is 29.3 Å². The number of aliphatic hydroxyl groups is 1. The van der Waals surface area contributed by atoms with Gasteiger partial charge in [0.1, 0.15) is 6.04 Å². The maximum Gasteiger partial charge on any atom is 0.263 e. The van der Waals surface area contributed by atoms with Gasteiger partial charge in [0.25, 0.3) is 5.91 Å². The molecule has 1 amide bonds. The lowest BCUT2D eigenvalue weighted by atomic mass is 9.95. The van der Waals surface area contributed by atoms with Gasteiger partial charge in [-0.2, -0.15) is 0 Å². The molecule has 0 saturated heterocycles. The third-order valence-electron chi connectivity index (χ3n) is 5.09. The van der Waals surface area contributed by atoms with Crippen LogP contribution in [0.1, 0.15) is 54.5 Å². The molecular weight excluding hydrogens is 352 g/mol. The van der Waals surface area contributed by atoms with Crippen molar-refractivity contribution in [3.05, 3.63) is 70.8 Å². The molecular formula is C23H26N2O3. The first-order chi connectivity index (χ1) is 13.6. The summed E-state index contributed by atoms with van der Waals surface area (Å²) in [5.74, 6) is 5.78. The van der Waals surface area contributed by atoms with Crippen LogP contribution in [0.3, 0.4) is 0 Å². The molecule has 1 aliphatic rings. The van der Waals surface area contributed by atoms with E-state index in [-0.39, 0.29) is 6.04 Å². The summed E-state index contributed by atoms with van der Waals surface area (Å²) in [4.78, 5) is 11.9. The van der Waals surface area contributed by atoms with Crippen LogP contribution >= 0.6 is 0 Å². The normalized spacial score (nSPS) is 18.0. The lowest BCUT2D eigenvalue weighted by molar-refractivity contribution is -0.134. The highest BCUT2D eigenvalue weighted by Gasteiger charge is 2.28. The van der Waals surface area contributed by atoms with E-state index < -0.39 is 18.1 Å². The summed E-state index contributed by atoms with van der Waals surface area (Å²) in [6, 6.07) is 15.1. The lowest BCUT2D eigenvalue weighted by Crippen LogP contribution is -2.50. The Hall–Kier alpha value is -2.65. The number of benzene rings is 2. The van der Waals surface area contributed by atoms with Gasteiger partial charge in [-0.25, -0.2) is 5.48 Å². The van der Waals surface area contributed by atoms with Gasteiger partial charge in [-0.05, 0) is 61.6 Å². The topological polar surface area (TPSA) is 81.6 Å². The van der Waals surface area contributed by atoms with E-state index in [0.717, 1.165) is 42.4 Å². The molecule has 0 radical (unpaired) electrons. The second-order valence-electron chi connectivity index (χ2n) is 7.19. The average Bonchev–Trinajstić information content (AvgIpc) is 2.92. The second kappa shape index (κ2) is 9.52. The van der Waals surface area contributed by atoms with Gasteiger partial charge in [-0.3, -0.25) is 15.3 Å². The molecule has 2 aromatic rings. The van der Waals surface area contributed by atoms with Crippen molar-refractivity contribution in [3.63, 3.8) is 0 Å². The molecule has 3 atom stereocenters. The molecule has 1 aliphatic carbocycles. The first kappa shape index (κ1) is 20.1. The van der Waals surface area contributed by atoms with Crippen LogP contribution in [0.5, 0.6) is 0 Å². The third-order valence-corrected chi connectivity index (χ3v) is 5.09. The van der Waals surface area contributed by atoms with Gasteiger partial charge in [-0.1, -0.05) is 42.5 Å². The van der Waals surface area contributed by atoms with Crippen molar-refractivity contribution in [2.24, 2.45) is 0 Å². The molecule has 0 aromatic heterocycles. The fourth-order valence-electron chi connectivity index (χ4n) is 3.62. The molecule has 0 spiro atoms. The van der Waals surface area contributed by atoms with Crippen LogP contribution < -0.4 is 10.8 Å². The van der Waals surface area contributed by atoms with Gasteiger partial charge in [0.2, 0.25) is 0 Å². The number of hydroxylamine groups is 1. The predicted octanol–water partition coefficient (Wildman–Crippen LogP) is 2.70. The van der Waals surface area contributed by atoms with E-state index in [4.69, 9.17) is 5.21 Å². The van der Waals surface area contributed by atoms with Crippen LogP contribution in [-0.2, 0) is 11.2 Å². The van der Waals surface area contributed by atoms with Crippen LogP contribution in [0.25, 0.3) is 0 Å². The van der Waals surface area contributed by atoms with E-state index in [1.54, 1.807) is 5.48 Å². The molecule has 5 nitrogen and oxygen atoms in total. The van der Waals surface area contributed by atoms with Crippen molar-refractivity contribution in [1.29, 1.82) is 0 Å². The highest BCUT2D eigenvalue weighted by Crippen LogP contribution is 2.30. The zero-order chi connectivity index (χ0) is 19.9. The molecule has 4 N–H and O–H groups in total. The van der Waals surface area contributed by atoms with E-state index in [1.807, 2.05) is 36.4 Å². The molecule has 3 rings (SSSR count). The SMILES string of the molecule is C[C@@H](O)[C@H](NC1CCCCc2cc(C#Cc3ccccc3)ccc21)C(=O)NO. The lowest BCUT2D eigenvalue weighted by Gasteiger charge is -2.27. The van der Waals surface area contributed by atoms with Gasteiger partial charge in [-0.15, -0.1) is 0 Å². The van der Waals surface area contributed by atoms with Crippen molar-refractivity contribution in [2.45, 2.75) is 50.8 Å². The summed E-state index contributed by atoms with van der Waals surface area (Å²) in [6.45, 7) is 1.53. The van der Waals surface area contributed by atoms with Crippen molar-refractivity contribution < 1.29 is 15.1 Å². The first-order valence-corrected chi connectivity index (χ1v) is 9.66. The number of carbonyl (C=O) groups excluding carboxylic acids is 1. The van der Waals surface area contributed by atoms with Crippen molar-refractivity contribution >= 4 is 5.91 Å². The molecule has 0 bridgehead atoms. The Morgan fingerprint density at radius 2 is 1.86 bits per heavy atom. The Kier molecular flexibility index (Phi) is 6.83. The van der Waals surface area contributed by atoms with Crippen molar-refractivity contribution in [3.8, 4) is 11.8 Å². The maximum absolute atomic E-state index is 11.9. The highest BCUT2D eigenvalue weighted by molar-refractivity contribution is 5.81. The van der Waals surface area contributed by atoms with Crippen LogP contribution in [0, 0.1) is 11.8 Å². The number of aryl methyl sites for hydroxylation is 1. The number of hydrogen-bond donors (Lipinski definition) is 4. The van der Waals surface area contributed by atoms with Crippen LogP contribution in [0.15, 0.2) is 48.5 Å². The smallest absolute Gasteiger partial charge is 0.263 e. The third kappa shape index (κ3) is 4.99. The van der Waals surface area contributed by atoms with Crippen molar-refractivity contribution in [2.75, 3.05) is 0 Å². The minimum atomic E-state index is -0.921. The highest BCUT2D eigenvalue weighted by atomic mass is 16.5. The summed E-state index contributed by atoms with van der Waals surface area (Å²) >= 11 is 0. The Balaban J connectivity index is 1.85. The molecule has 0 heterocycles. The first-order valence-electron chi connectivity index (χ1n) is 9.66. The van der Waals surface area contributed by atoms with Gasteiger partial charge >= 0.3 is 0 Å². The zero-order valence-electron chi connectivity index (χ0n) is 16.0. The fraction of sp³-hybridized carbons (Fsp3) is 0.348. The van der Waals surface area contributed by atoms with Gasteiger partial charge in [0.05, 0.1) is 6.10 Å². The molecule has 1 unspecified atom stereocenters. The largest absolute Gasteiger partial charge is 0.391 e. The minimum absolute atomic E-state index is 0.0643. The number of carbonyl (C=O) groups is 1. The van der Waals surface area contributed by atoms with Gasteiger partial charge in [0, 0.05) is 17.2 Å². The Morgan fingerprint density at radius 1 is 1.11 bits per heavy atom. The van der Waals surface area contributed by atoms with Crippen LogP contribution in [0.4, 0.5) is 0 Å². The Bertz CT molecular complexity index is 868. The molecule has 28 heavy (non-hydrogen) atoms. The van der Waals surface area contributed by atoms with Gasteiger partial charge in [0.15, 0.2) is 0 Å². The monoisotopic (exact) mass is 378 g/mol. The summed E-state index contributed by atoms with van der Waals surface area (Å²) < 4.78 is 0. The van der Waals surface area contributed by atoms with Crippen LogP contribution in [0.2, 0.25) is 0 Å². The number of hydrogen-bond acceptors (Lipinski definition) is 4. The molecule has 2 aromatic carbocycles. The minimum Gasteiger partial charge on any atom is -0.391 e. The Labute approximate surface area is 165 Å². The molecule has 0 aliphatic heterocycles. The Morgan fingerprint density at radius 3 is 2.57 bits per heavy atom. The number of amides is 1. The summed E-state index contributed by atoms with van der Waals surface area (Å²) in [6.07, 6.45) is 2.98. The molecule has 0 saturated carbocycles. The summed E-state index contributed by atoms with van der Waals surface area (Å²) in [5.41, 5.74) is 5.91. The number of aliphatic hydroxyl groups excluding tert-OH is 1. The zero-order valence-corrected chi connectivity index (χ0v) is 16.0. The average molecular weight is 378 g/mol. The van der Waals surface area contributed by atoms with E-state index in [1.165, 1.54) is 12.5 Å². The summed E-state index contributed by atoms with van der Waals surface area (Å²) in [7, 11) is 0. The number of fused-ring (bicyclic) bond motifs is 1. The van der Waals surface area contributed by atoms with Crippen molar-refractivity contribution in [1.82, 2.24) is 10.8 Å². The molecule has 0 fully saturated rings. The van der Waals surface area contributed by atoms with E-state index in [0.29, 0.717) is 0 Å². The standard InChI is InChI=1S/C23H26N2O3/c1-16(26)22(23(27)25-28)24-21-10-6-5-9-19-15-18(13-14-20(19)21)12-11-17-7-3-2-4-8-17/h2-4,7-8,13-16,21-22,24,26,28H,5-6,9-10H2,1H3,(H,25,27)/t16-,21?,22+/m1/s1. The maximum atomic E-state index is 11.9. The number of nitrogens with one attached hydrogen (secondary N) is 2. The molecule has 146 valence electrons. The van der Waals surface area contributed by atoms with Gasteiger partial charge < -0.3 is 5.11 Å². The quantitative estimate of drug-likeness (QED) is 0.285. The second-order valence-corrected chi connectivity index (χ2v) is 7.19. The molecule has 5 heteroatoms. The van der Waals surface area contributed by atoms with E-state index >= 15 is 0 Å². The summed E-state index contributed by atoms with van der Waals surface area (Å²) in [5, 5.41) is 22.1. The predicted molar refractivity (Wildman–Crippen MR) is 108 cm³/mol. The fourth-order valence-corrected chi connectivity index (χ4v) is 3.62.